The van der Waals surface area contributed by atoms with Crippen LogP contribution in [-0.2, 0) is 22.4 Å². The van der Waals surface area contributed by atoms with Crippen molar-refractivity contribution in [1.29, 1.82) is 0 Å². The van der Waals surface area contributed by atoms with E-state index in [2.05, 4.69) is 28.9 Å². The van der Waals surface area contributed by atoms with Crippen molar-refractivity contribution in [3.8, 4) is 11.3 Å². The van der Waals surface area contributed by atoms with Gasteiger partial charge in [-0.05, 0) is 81.8 Å². The summed E-state index contributed by atoms with van der Waals surface area (Å²) in [5.41, 5.74) is 3.56. The molecule has 0 saturated carbocycles. The molecule has 0 bridgehead atoms. The monoisotopic (exact) mass is 593 g/mol. The van der Waals surface area contributed by atoms with Crippen LogP contribution in [0.3, 0.4) is 0 Å². The zero-order valence-electron chi connectivity index (χ0n) is 24.6. The number of likely N-dealkylation sites (tertiary alicyclic amines) is 1. The van der Waals surface area contributed by atoms with Gasteiger partial charge in [-0.25, -0.2) is 23.9 Å². The number of esters is 1. The van der Waals surface area contributed by atoms with E-state index in [1.807, 2.05) is 26.8 Å². The summed E-state index contributed by atoms with van der Waals surface area (Å²) in [5, 5.41) is 4.19. The van der Waals surface area contributed by atoms with Crippen molar-refractivity contribution in [2.45, 2.75) is 65.0 Å². The Labute approximate surface area is 248 Å². The van der Waals surface area contributed by atoms with Crippen LogP contribution in [0.25, 0.3) is 16.9 Å². The Kier molecular flexibility index (Phi) is 8.49. The highest BCUT2D eigenvalue weighted by molar-refractivity contribution is 7.14. The molecule has 1 saturated heterocycles. The molecule has 1 fully saturated rings. The minimum Gasteiger partial charge on any atom is -0.465 e. The number of piperidine rings is 1. The third-order valence-corrected chi connectivity index (χ3v) is 8.27. The third-order valence-electron chi connectivity index (χ3n) is 7.23. The zero-order valence-corrected chi connectivity index (χ0v) is 25.4. The number of halogens is 1. The number of carbonyl (C=O) groups is 2. The van der Waals surface area contributed by atoms with Crippen molar-refractivity contribution in [2.75, 3.05) is 25.5 Å². The number of nitrogens with zero attached hydrogens (tertiary/aromatic N) is 4. The van der Waals surface area contributed by atoms with Crippen LogP contribution < -0.4 is 5.32 Å². The molecule has 222 valence electrons. The number of nitrogens with one attached hydrogen (secondary N) is 1. The van der Waals surface area contributed by atoms with E-state index in [1.54, 1.807) is 17.0 Å². The summed E-state index contributed by atoms with van der Waals surface area (Å²) in [5.74, 6) is 0.347. The Balaban J connectivity index is 1.35. The molecule has 1 aromatic carbocycles. The number of ether oxygens (including phenoxy) is 2. The maximum Gasteiger partial charge on any atom is 0.410 e. The number of methoxy groups -OCH3 is 1. The number of fused-ring (bicyclic) bond motifs is 1. The Morgan fingerprint density at radius 1 is 1.10 bits per heavy atom. The fourth-order valence-corrected chi connectivity index (χ4v) is 6.08. The largest absolute Gasteiger partial charge is 0.465 e. The first-order valence-electron chi connectivity index (χ1n) is 14.1. The Morgan fingerprint density at radius 2 is 1.81 bits per heavy atom. The van der Waals surface area contributed by atoms with Gasteiger partial charge in [0.25, 0.3) is 0 Å². The summed E-state index contributed by atoms with van der Waals surface area (Å²) < 4.78 is 26.1. The van der Waals surface area contributed by atoms with E-state index < -0.39 is 11.6 Å². The standard InChI is InChI=1S/C31H36FN5O4S/c1-6-23-28(33-17-25-35-26(27(42-25)29(38)40-5)20-7-10-22(32)11-8-20)37-18-21(9-12-24(37)34-23)19-13-15-36(16-14-19)30(39)41-31(2,3)4/h7-12,18-19,33H,6,13-17H2,1-5H3. The molecule has 0 spiro atoms. The second kappa shape index (κ2) is 12.1. The molecule has 42 heavy (non-hydrogen) atoms. The van der Waals surface area contributed by atoms with Crippen molar-refractivity contribution in [1.82, 2.24) is 19.3 Å². The smallest absolute Gasteiger partial charge is 0.410 e. The van der Waals surface area contributed by atoms with E-state index in [9.17, 15) is 14.0 Å². The van der Waals surface area contributed by atoms with Gasteiger partial charge in [-0.15, -0.1) is 11.3 Å². The van der Waals surface area contributed by atoms with Gasteiger partial charge in [0.2, 0.25) is 0 Å². The minimum atomic E-state index is -0.511. The summed E-state index contributed by atoms with van der Waals surface area (Å²) in [7, 11) is 1.33. The number of benzene rings is 1. The van der Waals surface area contributed by atoms with Crippen LogP contribution in [0, 0.1) is 5.82 Å². The Hall–Kier alpha value is -3.99. The van der Waals surface area contributed by atoms with Gasteiger partial charge in [0.05, 0.1) is 25.0 Å². The molecule has 1 aliphatic rings. The molecule has 3 aromatic heterocycles. The molecule has 1 N–H and O–H groups in total. The number of hydrogen-bond donors (Lipinski definition) is 1. The van der Waals surface area contributed by atoms with Crippen LogP contribution in [0.2, 0.25) is 0 Å². The maximum absolute atomic E-state index is 13.5. The molecule has 11 heteroatoms. The average Bonchev–Trinajstić information content (AvgIpc) is 3.56. The van der Waals surface area contributed by atoms with Gasteiger partial charge in [0.1, 0.15) is 32.8 Å². The highest BCUT2D eigenvalue weighted by atomic mass is 32.1. The average molecular weight is 594 g/mol. The van der Waals surface area contributed by atoms with E-state index in [4.69, 9.17) is 19.4 Å². The molecule has 0 aliphatic carbocycles. The fraction of sp³-hybridized carbons (Fsp3) is 0.419. The third kappa shape index (κ3) is 6.41. The predicted octanol–water partition coefficient (Wildman–Crippen LogP) is 6.67. The van der Waals surface area contributed by atoms with Crippen molar-refractivity contribution >= 4 is 34.9 Å². The zero-order chi connectivity index (χ0) is 30.0. The number of carbonyl (C=O) groups excluding carboxylic acids is 2. The lowest BCUT2D eigenvalue weighted by Gasteiger charge is -2.33. The number of amides is 1. The summed E-state index contributed by atoms with van der Waals surface area (Å²) in [4.78, 5) is 36.7. The molecule has 1 aliphatic heterocycles. The minimum absolute atomic E-state index is 0.259. The molecular weight excluding hydrogens is 557 g/mol. The van der Waals surface area contributed by atoms with Crippen molar-refractivity contribution < 1.29 is 23.5 Å². The number of aryl methyl sites for hydroxylation is 1. The van der Waals surface area contributed by atoms with Crippen LogP contribution >= 0.6 is 11.3 Å². The number of hydrogen-bond acceptors (Lipinski definition) is 8. The lowest BCUT2D eigenvalue weighted by molar-refractivity contribution is 0.0204. The molecule has 0 atom stereocenters. The van der Waals surface area contributed by atoms with Crippen molar-refractivity contribution in [3.05, 3.63) is 69.6 Å². The van der Waals surface area contributed by atoms with Gasteiger partial charge in [-0.1, -0.05) is 13.0 Å². The molecule has 4 heterocycles. The van der Waals surface area contributed by atoms with E-state index in [1.165, 1.54) is 36.1 Å². The number of anilines is 1. The summed E-state index contributed by atoms with van der Waals surface area (Å²) in [6, 6.07) is 10.1. The highest BCUT2D eigenvalue weighted by Gasteiger charge is 2.28. The summed E-state index contributed by atoms with van der Waals surface area (Å²) in [6.07, 6.45) is 4.31. The first kappa shape index (κ1) is 29.5. The van der Waals surface area contributed by atoms with Crippen molar-refractivity contribution in [3.63, 3.8) is 0 Å². The molecule has 0 unspecified atom stereocenters. The second-order valence-corrected chi connectivity index (χ2v) is 12.4. The quantitative estimate of drug-likeness (QED) is 0.239. The number of thiazole rings is 1. The summed E-state index contributed by atoms with van der Waals surface area (Å²) in [6.45, 7) is 9.37. The lowest BCUT2D eigenvalue weighted by atomic mass is 9.90. The number of pyridine rings is 1. The molecule has 0 radical (unpaired) electrons. The number of imidazole rings is 1. The van der Waals surface area contributed by atoms with Gasteiger partial charge in [0.15, 0.2) is 0 Å². The van der Waals surface area contributed by atoms with E-state index in [-0.39, 0.29) is 11.9 Å². The first-order chi connectivity index (χ1) is 20.1. The van der Waals surface area contributed by atoms with Gasteiger partial charge in [-0.3, -0.25) is 4.40 Å². The molecule has 1 amide bonds. The fourth-order valence-electron chi connectivity index (χ4n) is 5.14. The second-order valence-electron chi connectivity index (χ2n) is 11.3. The van der Waals surface area contributed by atoms with E-state index in [0.29, 0.717) is 46.7 Å². The molecular formula is C31H36FN5O4S. The maximum atomic E-state index is 13.5. The SMILES string of the molecule is CCc1nc2ccc(C3CCN(C(=O)OC(C)(C)C)CC3)cn2c1NCc1nc(-c2ccc(F)cc2)c(C(=O)OC)s1. The lowest BCUT2D eigenvalue weighted by Crippen LogP contribution is -2.41. The van der Waals surface area contributed by atoms with Gasteiger partial charge in [0, 0.05) is 24.8 Å². The topological polar surface area (TPSA) is 98.1 Å². The molecule has 5 rings (SSSR count). The van der Waals surface area contributed by atoms with Gasteiger partial charge in [-0.2, -0.15) is 0 Å². The van der Waals surface area contributed by atoms with E-state index >= 15 is 0 Å². The van der Waals surface area contributed by atoms with Crippen LogP contribution in [-0.4, -0.2) is 57.1 Å². The van der Waals surface area contributed by atoms with E-state index in [0.717, 1.165) is 36.4 Å². The number of rotatable bonds is 7. The molecule has 9 nitrogen and oxygen atoms in total. The summed E-state index contributed by atoms with van der Waals surface area (Å²) >= 11 is 1.25. The van der Waals surface area contributed by atoms with Crippen LogP contribution in [0.5, 0.6) is 0 Å². The Morgan fingerprint density at radius 3 is 2.45 bits per heavy atom. The van der Waals surface area contributed by atoms with Crippen LogP contribution in [0.1, 0.15) is 72.4 Å². The van der Waals surface area contributed by atoms with Crippen molar-refractivity contribution in [2.24, 2.45) is 0 Å². The Bertz CT molecular complexity index is 1580. The molecule has 4 aromatic rings. The predicted molar refractivity (Wildman–Crippen MR) is 161 cm³/mol. The van der Waals surface area contributed by atoms with Crippen LogP contribution in [0.15, 0.2) is 42.6 Å². The van der Waals surface area contributed by atoms with Gasteiger partial charge < -0.3 is 19.7 Å². The first-order valence-corrected chi connectivity index (χ1v) is 14.9. The highest BCUT2D eigenvalue weighted by Crippen LogP contribution is 2.32. The van der Waals surface area contributed by atoms with Gasteiger partial charge >= 0.3 is 12.1 Å². The normalized spacial score (nSPS) is 14.3. The van der Waals surface area contributed by atoms with Crippen LogP contribution in [0.4, 0.5) is 15.0 Å². The number of aromatic nitrogens is 3.